The first-order chi connectivity index (χ1) is 9.49. The van der Waals surface area contributed by atoms with Gasteiger partial charge in [0.1, 0.15) is 23.7 Å². The van der Waals surface area contributed by atoms with Crippen LogP contribution in [0.15, 0.2) is 36.4 Å². The van der Waals surface area contributed by atoms with Gasteiger partial charge in [0.25, 0.3) is 0 Å². The van der Waals surface area contributed by atoms with E-state index in [0.29, 0.717) is 5.56 Å². The molecule has 0 radical (unpaired) electrons. The van der Waals surface area contributed by atoms with Crippen LogP contribution in [-0.4, -0.2) is 11.1 Å². The summed E-state index contributed by atoms with van der Waals surface area (Å²) in [6.07, 6.45) is 0. The highest BCUT2D eigenvalue weighted by atomic mass is 35.5. The van der Waals surface area contributed by atoms with Crippen molar-refractivity contribution in [2.45, 2.75) is 13.5 Å². The van der Waals surface area contributed by atoms with Crippen molar-refractivity contribution >= 4 is 17.6 Å². The Hall–Kier alpha value is -2.07. The van der Waals surface area contributed by atoms with Gasteiger partial charge in [0.2, 0.25) is 0 Å². The van der Waals surface area contributed by atoms with Gasteiger partial charge in [-0.05, 0) is 25.1 Å². The maximum absolute atomic E-state index is 13.3. The average Bonchev–Trinajstić information content (AvgIpc) is 2.41. The third-order valence-corrected chi connectivity index (χ3v) is 3.20. The summed E-state index contributed by atoms with van der Waals surface area (Å²) in [6.45, 7) is 1.79. The van der Waals surface area contributed by atoms with Crippen molar-refractivity contribution < 1.29 is 19.0 Å². The smallest absolute Gasteiger partial charge is 0.339 e. The molecule has 5 heteroatoms. The third-order valence-electron chi connectivity index (χ3n) is 2.78. The van der Waals surface area contributed by atoms with Crippen molar-refractivity contribution in [1.29, 1.82) is 0 Å². The van der Waals surface area contributed by atoms with Gasteiger partial charge in [-0.3, -0.25) is 0 Å². The third kappa shape index (κ3) is 3.08. The monoisotopic (exact) mass is 294 g/mol. The molecular formula is C15H12ClFO3. The first-order valence-corrected chi connectivity index (χ1v) is 6.26. The molecule has 2 aromatic carbocycles. The minimum absolute atomic E-state index is 0.0000652. The molecule has 0 saturated carbocycles. The van der Waals surface area contributed by atoms with Crippen molar-refractivity contribution in [2.24, 2.45) is 0 Å². The molecule has 0 saturated heterocycles. The van der Waals surface area contributed by atoms with Crippen LogP contribution < -0.4 is 4.74 Å². The quantitative estimate of drug-likeness (QED) is 0.925. The van der Waals surface area contributed by atoms with Crippen LogP contribution in [0.3, 0.4) is 0 Å². The van der Waals surface area contributed by atoms with Crippen molar-refractivity contribution in [3.05, 3.63) is 63.9 Å². The summed E-state index contributed by atoms with van der Waals surface area (Å²) in [5, 5.41) is 9.10. The average molecular weight is 295 g/mol. The van der Waals surface area contributed by atoms with E-state index in [4.69, 9.17) is 21.4 Å². The Labute approximate surface area is 120 Å². The van der Waals surface area contributed by atoms with E-state index < -0.39 is 11.8 Å². The Morgan fingerprint density at radius 2 is 2.10 bits per heavy atom. The Kier molecular flexibility index (Phi) is 4.25. The summed E-state index contributed by atoms with van der Waals surface area (Å²) in [7, 11) is 0. The molecule has 2 aromatic rings. The second-order valence-corrected chi connectivity index (χ2v) is 4.68. The lowest BCUT2D eigenvalue weighted by Gasteiger charge is -2.11. The number of aromatic carboxylic acids is 1. The van der Waals surface area contributed by atoms with Gasteiger partial charge in [-0.1, -0.05) is 35.4 Å². The number of rotatable bonds is 4. The van der Waals surface area contributed by atoms with Crippen LogP contribution in [0.25, 0.3) is 0 Å². The molecule has 0 aliphatic carbocycles. The normalized spacial score (nSPS) is 10.3. The van der Waals surface area contributed by atoms with Crippen LogP contribution in [0.5, 0.6) is 5.75 Å². The van der Waals surface area contributed by atoms with E-state index in [1.807, 2.05) is 0 Å². The maximum Gasteiger partial charge on any atom is 0.339 e. The van der Waals surface area contributed by atoms with E-state index in [1.165, 1.54) is 18.2 Å². The van der Waals surface area contributed by atoms with E-state index in [2.05, 4.69) is 0 Å². The molecule has 0 fully saturated rings. The van der Waals surface area contributed by atoms with Crippen molar-refractivity contribution in [3.8, 4) is 5.75 Å². The van der Waals surface area contributed by atoms with Crippen LogP contribution in [0.2, 0.25) is 5.02 Å². The van der Waals surface area contributed by atoms with Gasteiger partial charge in [0.15, 0.2) is 0 Å². The summed E-state index contributed by atoms with van der Waals surface area (Å²) >= 11 is 5.82. The molecule has 0 aliphatic heterocycles. The highest BCUT2D eigenvalue weighted by Crippen LogP contribution is 2.24. The number of ether oxygens (including phenoxy) is 1. The summed E-state index contributed by atoms with van der Waals surface area (Å²) in [6, 6.07) is 9.24. The van der Waals surface area contributed by atoms with Crippen molar-refractivity contribution in [2.75, 3.05) is 0 Å². The van der Waals surface area contributed by atoms with Gasteiger partial charge in [-0.25, -0.2) is 9.18 Å². The van der Waals surface area contributed by atoms with Crippen LogP contribution in [-0.2, 0) is 6.61 Å². The molecule has 0 bridgehead atoms. The molecule has 0 spiro atoms. The van der Waals surface area contributed by atoms with Gasteiger partial charge in [-0.2, -0.15) is 0 Å². The fourth-order valence-electron chi connectivity index (χ4n) is 1.75. The van der Waals surface area contributed by atoms with Gasteiger partial charge < -0.3 is 9.84 Å². The lowest BCUT2D eigenvalue weighted by Crippen LogP contribution is -2.04. The lowest BCUT2D eigenvalue weighted by atomic mass is 10.1. The van der Waals surface area contributed by atoms with Crippen LogP contribution in [0, 0.1) is 12.7 Å². The maximum atomic E-state index is 13.3. The number of hydrogen-bond acceptors (Lipinski definition) is 2. The highest BCUT2D eigenvalue weighted by molar-refractivity contribution is 6.31. The summed E-state index contributed by atoms with van der Waals surface area (Å²) < 4.78 is 18.7. The molecule has 2 rings (SSSR count). The van der Waals surface area contributed by atoms with E-state index >= 15 is 0 Å². The first-order valence-electron chi connectivity index (χ1n) is 5.88. The van der Waals surface area contributed by atoms with Crippen molar-refractivity contribution in [1.82, 2.24) is 0 Å². The number of carboxylic acid groups (broad SMARTS) is 1. The predicted molar refractivity (Wildman–Crippen MR) is 73.9 cm³/mol. The standard InChI is InChI=1S/C15H12ClFO3/c1-9-5-6-13(11(7-9)15(18)19)20-8-10-3-2-4-12(17)14(10)16/h2-7H,8H2,1H3,(H,18,19). The number of benzene rings is 2. The van der Waals surface area contributed by atoms with Crippen LogP contribution in [0.4, 0.5) is 4.39 Å². The number of hydrogen-bond donors (Lipinski definition) is 1. The SMILES string of the molecule is Cc1ccc(OCc2cccc(F)c2Cl)c(C(=O)O)c1. The highest BCUT2D eigenvalue weighted by Gasteiger charge is 2.13. The largest absolute Gasteiger partial charge is 0.488 e. The number of carboxylic acids is 1. The topological polar surface area (TPSA) is 46.5 Å². The molecule has 104 valence electrons. The number of halogens is 2. The Morgan fingerprint density at radius 1 is 1.35 bits per heavy atom. The minimum Gasteiger partial charge on any atom is -0.488 e. The Bertz CT molecular complexity index is 656. The fraction of sp³-hybridized carbons (Fsp3) is 0.133. The van der Waals surface area contributed by atoms with E-state index in [9.17, 15) is 9.18 Å². The van der Waals surface area contributed by atoms with Gasteiger partial charge in [0, 0.05) is 5.56 Å². The number of aryl methyl sites for hydroxylation is 1. The fourth-order valence-corrected chi connectivity index (χ4v) is 1.93. The number of carbonyl (C=O) groups is 1. The van der Waals surface area contributed by atoms with Crippen molar-refractivity contribution in [3.63, 3.8) is 0 Å². The van der Waals surface area contributed by atoms with Gasteiger partial charge in [-0.15, -0.1) is 0 Å². The predicted octanol–water partition coefficient (Wildman–Crippen LogP) is 4.06. The molecule has 0 amide bonds. The Balaban J connectivity index is 2.23. The zero-order valence-corrected chi connectivity index (χ0v) is 11.4. The molecule has 3 nitrogen and oxygen atoms in total. The minimum atomic E-state index is -1.07. The zero-order valence-electron chi connectivity index (χ0n) is 10.7. The molecule has 0 aromatic heterocycles. The second-order valence-electron chi connectivity index (χ2n) is 4.31. The van der Waals surface area contributed by atoms with Gasteiger partial charge in [0.05, 0.1) is 5.02 Å². The van der Waals surface area contributed by atoms with Crippen LogP contribution >= 0.6 is 11.6 Å². The molecule has 1 N–H and O–H groups in total. The summed E-state index contributed by atoms with van der Waals surface area (Å²) in [5.41, 5.74) is 1.35. The molecule has 20 heavy (non-hydrogen) atoms. The molecule has 0 aliphatic rings. The van der Waals surface area contributed by atoms with Gasteiger partial charge >= 0.3 is 5.97 Å². The first kappa shape index (κ1) is 14.3. The van der Waals surface area contributed by atoms with Crippen LogP contribution in [0.1, 0.15) is 21.5 Å². The molecule has 0 atom stereocenters. The molecule has 0 unspecified atom stereocenters. The zero-order chi connectivity index (χ0) is 14.7. The van der Waals surface area contributed by atoms with E-state index in [0.717, 1.165) is 5.56 Å². The van der Waals surface area contributed by atoms with E-state index in [-0.39, 0.29) is 22.9 Å². The molecular weight excluding hydrogens is 283 g/mol. The lowest BCUT2D eigenvalue weighted by molar-refractivity contribution is 0.0691. The summed E-state index contributed by atoms with van der Waals surface area (Å²) in [4.78, 5) is 11.1. The van der Waals surface area contributed by atoms with E-state index in [1.54, 1.807) is 25.1 Å². The molecule has 0 heterocycles. The summed E-state index contributed by atoms with van der Waals surface area (Å²) in [5.74, 6) is -1.38. The second kappa shape index (κ2) is 5.92. The Morgan fingerprint density at radius 3 is 2.80 bits per heavy atom.